The van der Waals surface area contributed by atoms with E-state index in [1.165, 1.54) is 15.0 Å². The molecule has 0 aromatic heterocycles. The minimum absolute atomic E-state index is 0. The molecule has 0 fully saturated rings. The number of hydrogen-bond donors (Lipinski definition) is 0. The van der Waals surface area contributed by atoms with Gasteiger partial charge in [-0.05, 0) is 0 Å². The van der Waals surface area contributed by atoms with Crippen molar-refractivity contribution in [2.45, 2.75) is 32.8 Å². The van der Waals surface area contributed by atoms with Crippen LogP contribution in [-0.4, -0.2) is 10.5 Å². The molecule has 1 atom stereocenters. The molecule has 1 aliphatic carbocycles. The average molecular weight is 376 g/mol. The summed E-state index contributed by atoms with van der Waals surface area (Å²) >= 11 is 2.23. The van der Waals surface area contributed by atoms with Crippen molar-refractivity contribution in [1.29, 1.82) is 0 Å². The number of benzene rings is 1. The molecule has 0 N–H and O–H groups in total. The van der Waals surface area contributed by atoms with E-state index in [0.717, 1.165) is 16.9 Å². The third kappa shape index (κ3) is 3.75. The molecule has 0 saturated carbocycles. The fourth-order valence-electron chi connectivity index (χ4n) is 2.84. The molecule has 2 rings (SSSR count). The summed E-state index contributed by atoms with van der Waals surface area (Å²) in [7, 11) is 0.730. The molecule has 1 aromatic rings. The summed E-state index contributed by atoms with van der Waals surface area (Å²) in [4.78, 5) is 0. The van der Waals surface area contributed by atoms with Gasteiger partial charge in [-0.1, -0.05) is 0 Å². The molecule has 0 aliphatic heterocycles. The summed E-state index contributed by atoms with van der Waals surface area (Å²) in [5.74, 6) is 0. The Morgan fingerprint density at radius 3 is 2.10 bits per heavy atom. The van der Waals surface area contributed by atoms with E-state index < -0.39 is 0 Å². The average Bonchev–Trinajstić information content (AvgIpc) is 2.85. The standard InChI is InChI=1S/C16H21OSi.2ClH.Ti/c1-15(2,13-9-7-8-10-13)16(3,17-18)14-11-5-4-6-12-14;;;/h4-7,9,11-12H,8H2,1-3,18H3;2*1H;/q;;;+2/p-2. The molecule has 21 heavy (non-hydrogen) atoms. The number of halogens is 2. The maximum Gasteiger partial charge on any atom is -1.00 e. The summed E-state index contributed by atoms with van der Waals surface area (Å²) in [6.45, 7) is 6.82. The summed E-state index contributed by atoms with van der Waals surface area (Å²) in [6, 6.07) is 10.6. The van der Waals surface area contributed by atoms with Crippen LogP contribution in [0.25, 0.3) is 0 Å². The van der Waals surface area contributed by atoms with Gasteiger partial charge in [-0.2, -0.15) is 0 Å². The number of allylic oxidation sites excluding steroid dienone is 3. The first kappa shape index (κ1) is 21.2. The van der Waals surface area contributed by atoms with E-state index in [2.05, 4.69) is 83.7 Å². The summed E-state index contributed by atoms with van der Waals surface area (Å²) in [6.07, 6.45) is 5.60. The van der Waals surface area contributed by atoms with Crippen LogP contribution < -0.4 is 24.8 Å². The van der Waals surface area contributed by atoms with E-state index in [9.17, 15) is 0 Å². The van der Waals surface area contributed by atoms with E-state index in [-0.39, 0.29) is 35.8 Å². The fourth-order valence-corrected chi connectivity index (χ4v) is 4.39. The molecule has 113 valence electrons. The first-order valence-corrected chi connectivity index (χ1v) is 8.25. The van der Waals surface area contributed by atoms with Crippen LogP contribution in [-0.2, 0) is 30.5 Å². The molecule has 0 radical (unpaired) electrons. The van der Waals surface area contributed by atoms with Gasteiger partial charge in [0.05, 0.1) is 0 Å². The Kier molecular flexibility index (Phi) is 8.21. The van der Waals surface area contributed by atoms with Crippen molar-refractivity contribution in [3.05, 3.63) is 57.5 Å². The van der Waals surface area contributed by atoms with E-state index in [4.69, 9.17) is 4.43 Å². The van der Waals surface area contributed by atoms with Gasteiger partial charge in [-0.3, -0.25) is 0 Å². The van der Waals surface area contributed by atoms with Crippen LogP contribution in [0, 0.1) is 5.41 Å². The zero-order valence-electron chi connectivity index (χ0n) is 12.9. The number of hydrogen-bond acceptors (Lipinski definition) is 1. The van der Waals surface area contributed by atoms with Gasteiger partial charge in [0.15, 0.2) is 0 Å². The molecule has 0 spiro atoms. The fraction of sp³-hybridized carbons (Fsp3) is 0.375. The molecular formula is C16H21Cl2OSiTi. The Morgan fingerprint density at radius 2 is 1.67 bits per heavy atom. The summed E-state index contributed by atoms with van der Waals surface area (Å²) in [5, 5.41) is 0. The second-order valence-corrected chi connectivity index (χ2v) is 7.08. The van der Waals surface area contributed by atoms with Crippen LogP contribution in [0.4, 0.5) is 0 Å². The van der Waals surface area contributed by atoms with Gasteiger partial charge in [0, 0.05) is 0 Å². The molecule has 1 aliphatic rings. The van der Waals surface area contributed by atoms with Gasteiger partial charge in [0.2, 0.25) is 0 Å². The quantitative estimate of drug-likeness (QED) is 0.509. The Morgan fingerprint density at radius 1 is 1.10 bits per heavy atom. The predicted molar refractivity (Wildman–Crippen MR) is 79.4 cm³/mol. The third-order valence-corrected chi connectivity index (χ3v) is 6.09. The van der Waals surface area contributed by atoms with E-state index >= 15 is 0 Å². The second kappa shape index (κ2) is 8.14. The van der Waals surface area contributed by atoms with E-state index in [1.54, 1.807) is 0 Å². The number of rotatable bonds is 4. The smallest absolute Gasteiger partial charge is 1.00 e. The molecular weight excluding hydrogens is 355 g/mol. The Hall–Kier alpha value is 0.171. The van der Waals surface area contributed by atoms with Crippen LogP contribution in [0.2, 0.25) is 0 Å². The molecule has 0 bridgehead atoms. The van der Waals surface area contributed by atoms with Gasteiger partial charge in [-0.25, -0.2) is 0 Å². The largest absolute Gasteiger partial charge is 1.00 e. The van der Waals surface area contributed by atoms with Crippen molar-refractivity contribution >= 4 is 10.5 Å². The Labute approximate surface area is 155 Å². The van der Waals surface area contributed by atoms with Crippen molar-refractivity contribution in [3.8, 4) is 0 Å². The normalized spacial score (nSPS) is 17.2. The molecule has 1 aromatic carbocycles. The van der Waals surface area contributed by atoms with Gasteiger partial charge in [0.25, 0.3) is 0 Å². The summed E-state index contributed by atoms with van der Waals surface area (Å²) < 4.78 is 7.58. The van der Waals surface area contributed by atoms with Crippen molar-refractivity contribution in [2.75, 3.05) is 0 Å². The van der Waals surface area contributed by atoms with Crippen LogP contribution in [0.1, 0.15) is 32.8 Å². The Bertz CT molecular complexity index is 528. The van der Waals surface area contributed by atoms with Crippen molar-refractivity contribution < 1.29 is 49.7 Å². The first-order chi connectivity index (χ1) is 8.93. The first-order valence-electron chi connectivity index (χ1n) is 6.66. The SMILES string of the molecule is CC(C)(C1=[C]([Ti+2])CC=C1)C(C)(O[SiH3])c1ccccc1.[Cl-].[Cl-]. The van der Waals surface area contributed by atoms with Gasteiger partial charge in [-0.15, -0.1) is 0 Å². The second-order valence-electron chi connectivity index (χ2n) is 5.73. The Balaban J connectivity index is 0.00000200. The van der Waals surface area contributed by atoms with Gasteiger partial charge < -0.3 is 24.8 Å². The maximum absolute atomic E-state index is 6.12. The molecule has 0 saturated heterocycles. The van der Waals surface area contributed by atoms with Crippen LogP contribution in [0.15, 0.2) is 51.9 Å². The van der Waals surface area contributed by atoms with Gasteiger partial charge >= 0.3 is 131 Å². The van der Waals surface area contributed by atoms with E-state index in [1.807, 2.05) is 0 Å². The molecule has 0 amide bonds. The topological polar surface area (TPSA) is 9.23 Å². The molecule has 1 unspecified atom stereocenters. The summed E-state index contributed by atoms with van der Waals surface area (Å²) in [5.41, 5.74) is 2.38. The van der Waals surface area contributed by atoms with Crippen molar-refractivity contribution in [2.24, 2.45) is 5.41 Å². The zero-order valence-corrected chi connectivity index (χ0v) is 18.0. The van der Waals surface area contributed by atoms with Crippen LogP contribution in [0.3, 0.4) is 0 Å². The maximum atomic E-state index is 6.12. The molecule has 5 heteroatoms. The van der Waals surface area contributed by atoms with Crippen LogP contribution in [0.5, 0.6) is 0 Å². The van der Waals surface area contributed by atoms with Crippen LogP contribution >= 0.6 is 0 Å². The van der Waals surface area contributed by atoms with Crippen molar-refractivity contribution in [1.82, 2.24) is 0 Å². The predicted octanol–water partition coefficient (Wildman–Crippen LogP) is -3.01. The van der Waals surface area contributed by atoms with E-state index in [0.29, 0.717) is 0 Å². The third-order valence-electron chi connectivity index (χ3n) is 4.53. The molecule has 0 heterocycles. The van der Waals surface area contributed by atoms with Gasteiger partial charge in [0.1, 0.15) is 0 Å². The minimum Gasteiger partial charge on any atom is -1.00 e. The monoisotopic (exact) mass is 375 g/mol. The van der Waals surface area contributed by atoms with Crippen molar-refractivity contribution in [3.63, 3.8) is 0 Å². The minimum atomic E-state index is -0.272. The zero-order chi connectivity index (χ0) is 14.1. The molecule has 1 nitrogen and oxygen atoms in total.